The summed E-state index contributed by atoms with van der Waals surface area (Å²) in [6.45, 7) is 0. The molecule has 132 valence electrons. The van der Waals surface area contributed by atoms with Crippen molar-refractivity contribution in [3.8, 4) is 11.3 Å². The number of carbonyl (C=O) groups excluding carboxylic acids is 1. The number of hydrogen-bond acceptors (Lipinski definition) is 2. The number of halogens is 1. The van der Waals surface area contributed by atoms with E-state index in [4.69, 9.17) is 0 Å². The molecule has 0 aliphatic rings. The van der Waals surface area contributed by atoms with Crippen molar-refractivity contribution in [3.63, 3.8) is 0 Å². The molecule has 1 N–H and O–H groups in total. The lowest BCUT2D eigenvalue weighted by Gasteiger charge is -2.06. The SMILES string of the molecule is O=C(/C=C/c1ccccc1)Nc1c(-c2ccc(F)cc2)nc2ccccn12. The molecule has 0 saturated carbocycles. The third-order valence-corrected chi connectivity index (χ3v) is 4.12. The Hall–Kier alpha value is -3.73. The van der Waals surface area contributed by atoms with Crippen LogP contribution in [0.5, 0.6) is 0 Å². The van der Waals surface area contributed by atoms with Crippen molar-refractivity contribution in [1.29, 1.82) is 0 Å². The van der Waals surface area contributed by atoms with Crippen molar-refractivity contribution in [1.82, 2.24) is 9.38 Å². The summed E-state index contributed by atoms with van der Waals surface area (Å²) in [6, 6.07) is 21.2. The number of amides is 1. The summed E-state index contributed by atoms with van der Waals surface area (Å²) in [6.07, 6.45) is 5.05. The molecule has 4 aromatic rings. The van der Waals surface area contributed by atoms with Gasteiger partial charge >= 0.3 is 0 Å². The molecule has 2 aromatic heterocycles. The first-order chi connectivity index (χ1) is 13.2. The fourth-order valence-electron chi connectivity index (χ4n) is 2.82. The molecule has 0 spiro atoms. The van der Waals surface area contributed by atoms with Gasteiger partial charge in [-0.1, -0.05) is 36.4 Å². The number of anilines is 1. The average molecular weight is 357 g/mol. The lowest BCUT2D eigenvalue weighted by Crippen LogP contribution is -2.10. The molecule has 2 heterocycles. The molecule has 0 unspecified atom stereocenters. The van der Waals surface area contributed by atoms with E-state index in [-0.39, 0.29) is 11.7 Å². The maximum atomic E-state index is 13.3. The van der Waals surface area contributed by atoms with Crippen LogP contribution in [-0.2, 0) is 4.79 Å². The minimum Gasteiger partial charge on any atom is -0.306 e. The van der Waals surface area contributed by atoms with Crippen molar-refractivity contribution >= 4 is 23.4 Å². The number of pyridine rings is 1. The molecule has 27 heavy (non-hydrogen) atoms. The minimum atomic E-state index is -0.320. The molecule has 0 fully saturated rings. The van der Waals surface area contributed by atoms with Gasteiger partial charge in [0.05, 0.1) is 0 Å². The molecule has 0 radical (unpaired) electrons. The van der Waals surface area contributed by atoms with Gasteiger partial charge in [-0.3, -0.25) is 9.20 Å². The second-order valence-corrected chi connectivity index (χ2v) is 5.98. The van der Waals surface area contributed by atoms with E-state index in [1.54, 1.807) is 22.6 Å². The average Bonchev–Trinajstić information content (AvgIpc) is 3.06. The van der Waals surface area contributed by atoms with E-state index in [1.807, 2.05) is 54.7 Å². The van der Waals surface area contributed by atoms with Gasteiger partial charge in [0.15, 0.2) is 0 Å². The van der Waals surface area contributed by atoms with Crippen LogP contribution in [0.4, 0.5) is 10.2 Å². The van der Waals surface area contributed by atoms with Crippen molar-refractivity contribution in [2.75, 3.05) is 5.32 Å². The summed E-state index contributed by atoms with van der Waals surface area (Å²) in [5, 5.41) is 2.90. The molecule has 4 nitrogen and oxygen atoms in total. The quantitative estimate of drug-likeness (QED) is 0.534. The monoisotopic (exact) mass is 357 g/mol. The summed E-state index contributed by atoms with van der Waals surface area (Å²) in [7, 11) is 0. The summed E-state index contributed by atoms with van der Waals surface area (Å²) in [4.78, 5) is 17.1. The van der Waals surface area contributed by atoms with Crippen LogP contribution in [0.3, 0.4) is 0 Å². The topological polar surface area (TPSA) is 46.4 Å². The molecular weight excluding hydrogens is 341 g/mol. The van der Waals surface area contributed by atoms with Gasteiger partial charge in [-0.25, -0.2) is 9.37 Å². The minimum absolute atomic E-state index is 0.270. The first kappa shape index (κ1) is 16.7. The van der Waals surface area contributed by atoms with Gasteiger partial charge in [-0.15, -0.1) is 0 Å². The lowest BCUT2D eigenvalue weighted by molar-refractivity contribution is -0.111. The third-order valence-electron chi connectivity index (χ3n) is 4.12. The van der Waals surface area contributed by atoms with E-state index in [1.165, 1.54) is 18.2 Å². The number of fused-ring (bicyclic) bond motifs is 1. The maximum Gasteiger partial charge on any atom is 0.249 e. The molecular formula is C22H16FN3O. The van der Waals surface area contributed by atoms with Crippen LogP contribution in [0.25, 0.3) is 23.0 Å². The summed E-state index contributed by atoms with van der Waals surface area (Å²) >= 11 is 0. The van der Waals surface area contributed by atoms with Crippen LogP contribution < -0.4 is 5.32 Å². The van der Waals surface area contributed by atoms with E-state index in [0.29, 0.717) is 17.2 Å². The highest BCUT2D eigenvalue weighted by Gasteiger charge is 2.15. The molecule has 0 bridgehead atoms. The van der Waals surface area contributed by atoms with Crippen LogP contribution in [0.1, 0.15) is 5.56 Å². The molecule has 0 saturated heterocycles. The van der Waals surface area contributed by atoms with E-state index >= 15 is 0 Å². The number of hydrogen-bond donors (Lipinski definition) is 1. The van der Waals surface area contributed by atoms with Gasteiger partial charge in [-0.2, -0.15) is 0 Å². The van der Waals surface area contributed by atoms with Gasteiger partial charge in [-0.05, 0) is 48.0 Å². The van der Waals surface area contributed by atoms with Crippen LogP contribution in [0, 0.1) is 5.82 Å². The highest BCUT2D eigenvalue weighted by molar-refractivity contribution is 6.03. The van der Waals surface area contributed by atoms with Gasteiger partial charge in [0.25, 0.3) is 0 Å². The fraction of sp³-hybridized carbons (Fsp3) is 0. The Kier molecular flexibility index (Phi) is 4.49. The predicted octanol–water partition coefficient (Wildman–Crippen LogP) is 4.79. The van der Waals surface area contributed by atoms with Crippen LogP contribution in [0.15, 0.2) is 85.1 Å². The molecule has 1 amide bonds. The normalized spacial score (nSPS) is 11.1. The first-order valence-electron chi connectivity index (χ1n) is 8.48. The van der Waals surface area contributed by atoms with Crippen molar-refractivity contribution in [2.45, 2.75) is 0 Å². The predicted molar refractivity (Wildman–Crippen MR) is 105 cm³/mol. The number of nitrogens with zero attached hydrogens (tertiary/aromatic N) is 2. The Morgan fingerprint density at radius 1 is 0.963 bits per heavy atom. The van der Waals surface area contributed by atoms with Gasteiger partial charge in [0.1, 0.15) is 23.0 Å². The number of imidazole rings is 1. The summed E-state index contributed by atoms with van der Waals surface area (Å²) < 4.78 is 15.1. The lowest BCUT2D eigenvalue weighted by atomic mass is 10.1. The zero-order chi connectivity index (χ0) is 18.6. The zero-order valence-corrected chi connectivity index (χ0v) is 14.3. The highest BCUT2D eigenvalue weighted by Crippen LogP contribution is 2.29. The Labute approximate surface area is 155 Å². The van der Waals surface area contributed by atoms with Crippen molar-refractivity contribution < 1.29 is 9.18 Å². The number of aromatic nitrogens is 2. The second-order valence-electron chi connectivity index (χ2n) is 5.98. The van der Waals surface area contributed by atoms with E-state index in [0.717, 1.165) is 11.1 Å². The van der Waals surface area contributed by atoms with Crippen LogP contribution in [-0.4, -0.2) is 15.3 Å². The van der Waals surface area contributed by atoms with Gasteiger partial charge < -0.3 is 5.32 Å². The molecule has 5 heteroatoms. The number of carbonyl (C=O) groups is 1. The Morgan fingerprint density at radius 2 is 1.70 bits per heavy atom. The first-order valence-corrected chi connectivity index (χ1v) is 8.48. The fourth-order valence-corrected chi connectivity index (χ4v) is 2.82. The molecule has 2 aromatic carbocycles. The highest BCUT2D eigenvalue weighted by atomic mass is 19.1. The molecule has 0 aliphatic heterocycles. The maximum absolute atomic E-state index is 13.3. The van der Waals surface area contributed by atoms with Gasteiger partial charge in [0, 0.05) is 17.8 Å². The molecule has 0 atom stereocenters. The van der Waals surface area contributed by atoms with Crippen molar-refractivity contribution in [2.24, 2.45) is 0 Å². The smallest absolute Gasteiger partial charge is 0.249 e. The van der Waals surface area contributed by atoms with Gasteiger partial charge in [0.2, 0.25) is 5.91 Å². The largest absolute Gasteiger partial charge is 0.306 e. The Bertz CT molecular complexity index is 1120. The third kappa shape index (κ3) is 3.62. The van der Waals surface area contributed by atoms with Crippen LogP contribution in [0.2, 0.25) is 0 Å². The van der Waals surface area contributed by atoms with E-state index < -0.39 is 0 Å². The summed E-state index contributed by atoms with van der Waals surface area (Å²) in [5.41, 5.74) is 2.94. The number of benzene rings is 2. The molecule has 4 rings (SSSR count). The van der Waals surface area contributed by atoms with E-state index in [2.05, 4.69) is 10.3 Å². The Morgan fingerprint density at radius 3 is 2.48 bits per heavy atom. The zero-order valence-electron chi connectivity index (χ0n) is 14.3. The Balaban J connectivity index is 1.69. The standard InChI is InChI=1S/C22H16FN3O/c23-18-12-10-17(11-13-18)21-22(26-15-5-4-8-19(26)24-21)25-20(27)14-9-16-6-2-1-3-7-16/h1-15H,(H,25,27)/b14-9+. The number of rotatable bonds is 4. The summed E-state index contributed by atoms with van der Waals surface area (Å²) in [5.74, 6) is -0.0494. The second kappa shape index (κ2) is 7.25. The molecule has 0 aliphatic carbocycles. The van der Waals surface area contributed by atoms with E-state index in [9.17, 15) is 9.18 Å². The van der Waals surface area contributed by atoms with Crippen LogP contribution >= 0.6 is 0 Å². The number of nitrogens with one attached hydrogen (secondary N) is 1. The van der Waals surface area contributed by atoms with Crippen molar-refractivity contribution in [3.05, 3.63) is 96.4 Å².